The van der Waals surface area contributed by atoms with Gasteiger partial charge in [-0.15, -0.1) is 0 Å². The molecule has 1 saturated carbocycles. The number of nitrogens with zero attached hydrogens (tertiary/aromatic N) is 3. The number of carbonyl (C=O) groups excluding carboxylic acids is 2. The highest BCUT2D eigenvalue weighted by Crippen LogP contribution is 2.54. The quantitative estimate of drug-likeness (QED) is 0.260. The number of pyridine rings is 1. The molecule has 2 aliphatic rings. The summed E-state index contributed by atoms with van der Waals surface area (Å²) in [5.41, 5.74) is 7.75. The van der Waals surface area contributed by atoms with Gasteiger partial charge in [-0.3, -0.25) is 19.3 Å². The van der Waals surface area contributed by atoms with Crippen molar-refractivity contribution in [1.82, 2.24) is 20.1 Å². The van der Waals surface area contributed by atoms with Crippen LogP contribution in [0.4, 0.5) is 13.2 Å². The second-order valence-electron chi connectivity index (χ2n) is 10.9. The van der Waals surface area contributed by atoms with Crippen LogP contribution in [0.5, 0.6) is 0 Å². The highest BCUT2D eigenvalue weighted by atomic mass is 19.1. The number of primary amides is 1. The molecule has 3 unspecified atom stereocenters. The first kappa shape index (κ1) is 28.1. The molecule has 0 saturated heterocycles. The van der Waals surface area contributed by atoms with E-state index >= 15 is 0 Å². The Bertz CT molecular complexity index is 1770. The lowest BCUT2D eigenvalue weighted by atomic mass is 9.94. The maximum Gasteiger partial charge on any atom is 0.356 e. The predicted octanol–water partition coefficient (Wildman–Crippen LogP) is 4.62. The first-order valence-electron chi connectivity index (χ1n) is 13.7. The molecule has 0 aliphatic heterocycles. The van der Waals surface area contributed by atoms with Crippen molar-refractivity contribution in [2.75, 3.05) is 0 Å². The van der Waals surface area contributed by atoms with E-state index in [-0.39, 0.29) is 41.6 Å². The van der Waals surface area contributed by atoms with Gasteiger partial charge in [0.05, 0.1) is 17.3 Å². The molecule has 2 aliphatic carbocycles. The van der Waals surface area contributed by atoms with Crippen molar-refractivity contribution < 1.29 is 32.7 Å². The molecule has 220 valence electrons. The molecule has 1 fully saturated rings. The minimum atomic E-state index is -1.15. The molecule has 4 aromatic rings. The van der Waals surface area contributed by atoms with E-state index in [9.17, 15) is 32.7 Å². The number of rotatable bonds is 9. The lowest BCUT2D eigenvalue weighted by Crippen LogP contribution is -2.34. The summed E-state index contributed by atoms with van der Waals surface area (Å²) >= 11 is 0. The Balaban J connectivity index is 1.37. The third-order valence-corrected chi connectivity index (χ3v) is 8.16. The zero-order valence-electron chi connectivity index (χ0n) is 22.7. The summed E-state index contributed by atoms with van der Waals surface area (Å²) in [5.74, 6) is -4.81. The van der Waals surface area contributed by atoms with Crippen molar-refractivity contribution in [3.05, 3.63) is 106 Å². The second-order valence-corrected chi connectivity index (χ2v) is 10.9. The number of carboxylic acids is 1. The topological polar surface area (TPSA) is 140 Å². The normalized spacial score (nSPS) is 17.5. The summed E-state index contributed by atoms with van der Waals surface area (Å²) in [6.07, 6.45) is 3.99. The average molecular weight is 590 g/mol. The van der Waals surface area contributed by atoms with Crippen LogP contribution in [0.25, 0.3) is 11.1 Å². The molecule has 6 rings (SSSR count). The maximum atomic E-state index is 14.3. The maximum absolute atomic E-state index is 14.3. The molecule has 2 amide bonds. The van der Waals surface area contributed by atoms with Gasteiger partial charge in [-0.2, -0.15) is 5.10 Å². The van der Waals surface area contributed by atoms with Crippen molar-refractivity contribution in [2.24, 2.45) is 5.73 Å². The largest absolute Gasteiger partial charge is 0.476 e. The number of nitrogens with two attached hydrogens (primary N) is 1. The summed E-state index contributed by atoms with van der Waals surface area (Å²) in [6.45, 7) is -0.280. The van der Waals surface area contributed by atoms with Gasteiger partial charge in [0, 0.05) is 35.0 Å². The second kappa shape index (κ2) is 11.0. The first-order valence-corrected chi connectivity index (χ1v) is 13.7. The van der Waals surface area contributed by atoms with E-state index in [1.807, 2.05) is 0 Å². The van der Waals surface area contributed by atoms with Crippen molar-refractivity contribution in [2.45, 2.75) is 50.1 Å². The molecule has 4 N–H and O–H groups in total. The molecule has 2 aromatic heterocycles. The third kappa shape index (κ3) is 5.36. The summed E-state index contributed by atoms with van der Waals surface area (Å²) < 4.78 is 43.9. The number of nitrogens with one attached hydrogen (secondary N) is 1. The third-order valence-electron chi connectivity index (χ3n) is 8.16. The van der Waals surface area contributed by atoms with Crippen LogP contribution in [0.15, 0.2) is 54.7 Å². The number of carboxylic acid groups (broad SMARTS) is 1. The van der Waals surface area contributed by atoms with E-state index in [0.717, 1.165) is 49.2 Å². The molecular weight excluding hydrogens is 563 g/mol. The lowest BCUT2D eigenvalue weighted by Gasteiger charge is -2.22. The highest BCUT2D eigenvalue weighted by molar-refractivity contribution is 5.94. The van der Waals surface area contributed by atoms with Crippen LogP contribution in [0.1, 0.15) is 80.5 Å². The number of amides is 2. The van der Waals surface area contributed by atoms with E-state index in [1.165, 1.54) is 23.0 Å². The first-order chi connectivity index (χ1) is 20.6. The lowest BCUT2D eigenvalue weighted by molar-refractivity contribution is -0.122. The van der Waals surface area contributed by atoms with Crippen LogP contribution >= 0.6 is 0 Å². The fraction of sp³-hybridized carbons (Fsp3) is 0.258. The minimum Gasteiger partial charge on any atom is -0.476 e. The van der Waals surface area contributed by atoms with Gasteiger partial charge < -0.3 is 16.2 Å². The molecule has 2 bridgehead atoms. The van der Waals surface area contributed by atoms with E-state index < -0.39 is 41.3 Å². The molecule has 43 heavy (non-hydrogen) atoms. The fourth-order valence-electron chi connectivity index (χ4n) is 6.47. The van der Waals surface area contributed by atoms with Gasteiger partial charge in [0.2, 0.25) is 5.91 Å². The van der Waals surface area contributed by atoms with E-state index in [2.05, 4.69) is 15.4 Å². The van der Waals surface area contributed by atoms with Crippen LogP contribution in [-0.2, 0) is 17.8 Å². The Kier molecular flexibility index (Phi) is 7.20. The number of carbonyl (C=O) groups is 3. The van der Waals surface area contributed by atoms with Crippen LogP contribution in [0.2, 0.25) is 0 Å². The van der Waals surface area contributed by atoms with Crippen molar-refractivity contribution in [1.29, 1.82) is 0 Å². The fourth-order valence-corrected chi connectivity index (χ4v) is 6.47. The molecule has 2 aromatic carbocycles. The Labute approximate surface area is 243 Å². The van der Waals surface area contributed by atoms with E-state index in [4.69, 9.17) is 5.73 Å². The molecule has 2 heterocycles. The van der Waals surface area contributed by atoms with Gasteiger partial charge in [0.25, 0.3) is 5.91 Å². The van der Waals surface area contributed by atoms with Crippen molar-refractivity contribution >= 4 is 17.8 Å². The minimum absolute atomic E-state index is 0.0460. The Morgan fingerprint density at radius 3 is 2.51 bits per heavy atom. The average Bonchev–Trinajstić information content (AvgIpc) is 3.66. The molecule has 12 heteroatoms. The number of aromatic nitrogens is 3. The van der Waals surface area contributed by atoms with E-state index in [1.54, 1.807) is 12.1 Å². The van der Waals surface area contributed by atoms with Crippen LogP contribution in [0, 0.1) is 17.5 Å². The number of benzene rings is 2. The summed E-state index contributed by atoms with van der Waals surface area (Å²) in [4.78, 5) is 41.7. The molecular formula is C31H26F3N5O4. The highest BCUT2D eigenvalue weighted by Gasteiger charge is 2.44. The van der Waals surface area contributed by atoms with Crippen LogP contribution < -0.4 is 11.1 Å². The van der Waals surface area contributed by atoms with Gasteiger partial charge in [0.15, 0.2) is 5.69 Å². The molecule has 9 nitrogen and oxygen atoms in total. The Morgan fingerprint density at radius 1 is 1.05 bits per heavy atom. The molecule has 3 atom stereocenters. The molecule has 0 radical (unpaired) electrons. The SMILES string of the molecule is NC(=O)c1cc(-c2cccnc2C(Cc2cc(F)cc(F)c2)NC(=O)Cn2nc(C(=O)O)c3c2C2CCC3C2)ccc1F. The number of hydrogen-bond donors (Lipinski definition) is 3. The van der Waals surface area contributed by atoms with Gasteiger partial charge in [-0.25, -0.2) is 18.0 Å². The standard InChI is InChI=1S/C31H26F3N5O4/c32-19-8-15(9-20(33)13-19)10-24(27-21(2-1-7-36-27)16-5-6-23(34)22(12-16)30(35)41)37-25(40)14-39-29-18-4-3-17(11-18)26(29)28(38-39)31(42)43/h1-2,5-9,12-13,17-18,24H,3-4,10-11,14H2,(H2,35,41)(H,37,40)(H,42,43). The van der Waals surface area contributed by atoms with Crippen molar-refractivity contribution in [3.8, 4) is 11.1 Å². The Hall–Kier alpha value is -5.00. The summed E-state index contributed by atoms with van der Waals surface area (Å²) in [7, 11) is 0. The van der Waals surface area contributed by atoms with Crippen LogP contribution in [-0.4, -0.2) is 37.7 Å². The van der Waals surface area contributed by atoms with Gasteiger partial charge >= 0.3 is 5.97 Å². The van der Waals surface area contributed by atoms with Crippen LogP contribution in [0.3, 0.4) is 0 Å². The number of halogens is 3. The monoisotopic (exact) mass is 589 g/mol. The van der Waals surface area contributed by atoms with Gasteiger partial charge in [0.1, 0.15) is 24.0 Å². The Morgan fingerprint density at radius 2 is 1.79 bits per heavy atom. The number of hydrogen-bond acceptors (Lipinski definition) is 5. The zero-order chi connectivity index (χ0) is 30.4. The van der Waals surface area contributed by atoms with Gasteiger partial charge in [-0.05, 0) is 73.1 Å². The van der Waals surface area contributed by atoms with Crippen molar-refractivity contribution in [3.63, 3.8) is 0 Å². The van der Waals surface area contributed by atoms with E-state index in [0.29, 0.717) is 22.4 Å². The molecule has 0 spiro atoms. The number of fused-ring (bicyclic) bond motifs is 5. The summed E-state index contributed by atoms with van der Waals surface area (Å²) in [5, 5.41) is 16.9. The summed E-state index contributed by atoms with van der Waals surface area (Å²) in [6, 6.07) is 9.14. The number of aromatic carboxylic acids is 1. The predicted molar refractivity (Wildman–Crippen MR) is 148 cm³/mol. The smallest absolute Gasteiger partial charge is 0.356 e. The van der Waals surface area contributed by atoms with Gasteiger partial charge in [-0.1, -0.05) is 12.1 Å². The zero-order valence-corrected chi connectivity index (χ0v) is 22.7.